The number of rotatable bonds is 1. The van der Waals surface area contributed by atoms with Crippen LogP contribution in [-0.4, -0.2) is 9.55 Å². The zero-order valence-electron chi connectivity index (χ0n) is 7.45. The maximum Gasteiger partial charge on any atom is 0.135 e. The van der Waals surface area contributed by atoms with Gasteiger partial charge in [0.1, 0.15) is 5.82 Å². The van der Waals surface area contributed by atoms with Gasteiger partial charge in [0.05, 0.1) is 0 Å². The second-order valence-electron chi connectivity index (χ2n) is 3.34. The van der Waals surface area contributed by atoms with E-state index in [2.05, 4.69) is 22.7 Å². The highest BCUT2D eigenvalue weighted by Gasteiger charge is 2.09. The van der Waals surface area contributed by atoms with Gasteiger partial charge in [0.25, 0.3) is 0 Å². The van der Waals surface area contributed by atoms with E-state index in [1.807, 2.05) is 12.4 Å². The van der Waals surface area contributed by atoms with Crippen molar-refractivity contribution in [1.82, 2.24) is 9.55 Å². The van der Waals surface area contributed by atoms with Gasteiger partial charge in [0.15, 0.2) is 0 Å². The zero-order valence-corrected chi connectivity index (χ0v) is 7.45. The second kappa shape index (κ2) is 3.13. The minimum absolute atomic E-state index is 1.15. The fourth-order valence-corrected chi connectivity index (χ4v) is 1.72. The van der Waals surface area contributed by atoms with Crippen LogP contribution in [0.5, 0.6) is 0 Å². The number of hydrogen-bond donors (Lipinski definition) is 0. The molecule has 0 saturated carbocycles. The molecule has 0 amide bonds. The Balaban J connectivity index is 2.29. The van der Waals surface area contributed by atoms with Crippen LogP contribution in [0.4, 0.5) is 0 Å². The lowest BCUT2D eigenvalue weighted by molar-refractivity contribution is 0.730. The predicted molar refractivity (Wildman–Crippen MR) is 49.7 cm³/mol. The van der Waals surface area contributed by atoms with E-state index in [1.165, 1.54) is 31.3 Å². The average molecular weight is 162 g/mol. The highest BCUT2D eigenvalue weighted by Crippen LogP contribution is 2.24. The summed E-state index contributed by atoms with van der Waals surface area (Å²) in [6.45, 7) is 0. The number of aromatic nitrogens is 2. The van der Waals surface area contributed by atoms with Crippen LogP contribution in [-0.2, 0) is 7.05 Å². The van der Waals surface area contributed by atoms with Crippen molar-refractivity contribution in [2.24, 2.45) is 7.05 Å². The van der Waals surface area contributed by atoms with Gasteiger partial charge in [-0.3, -0.25) is 0 Å². The van der Waals surface area contributed by atoms with Gasteiger partial charge >= 0.3 is 0 Å². The third-order valence-electron chi connectivity index (χ3n) is 2.40. The van der Waals surface area contributed by atoms with Crippen LogP contribution >= 0.6 is 0 Å². The van der Waals surface area contributed by atoms with Crippen LogP contribution in [0.1, 0.15) is 31.5 Å². The van der Waals surface area contributed by atoms with Gasteiger partial charge in [0.2, 0.25) is 0 Å². The topological polar surface area (TPSA) is 17.8 Å². The van der Waals surface area contributed by atoms with Gasteiger partial charge in [0, 0.05) is 19.4 Å². The van der Waals surface area contributed by atoms with E-state index in [4.69, 9.17) is 0 Å². The molecule has 1 aromatic heterocycles. The molecule has 2 nitrogen and oxygen atoms in total. The lowest BCUT2D eigenvalue weighted by Crippen LogP contribution is -1.99. The Hall–Kier alpha value is -1.05. The van der Waals surface area contributed by atoms with Gasteiger partial charge in [-0.2, -0.15) is 0 Å². The Bertz CT molecular complexity index is 297. The SMILES string of the molecule is Cn1ccnc1C1=CCCCC1. The maximum atomic E-state index is 4.33. The molecule has 2 heteroatoms. The van der Waals surface area contributed by atoms with Gasteiger partial charge in [-0.1, -0.05) is 6.08 Å². The molecule has 2 rings (SSSR count). The monoisotopic (exact) mass is 162 g/mol. The van der Waals surface area contributed by atoms with Gasteiger partial charge in [-0.15, -0.1) is 0 Å². The standard InChI is InChI=1S/C10H14N2/c1-12-8-7-11-10(12)9-5-3-2-4-6-9/h5,7-8H,2-4,6H2,1H3. The van der Waals surface area contributed by atoms with Crippen molar-refractivity contribution >= 4 is 5.57 Å². The molecule has 12 heavy (non-hydrogen) atoms. The first-order valence-corrected chi connectivity index (χ1v) is 4.54. The van der Waals surface area contributed by atoms with Gasteiger partial charge in [-0.25, -0.2) is 4.98 Å². The maximum absolute atomic E-state index is 4.33. The van der Waals surface area contributed by atoms with E-state index in [-0.39, 0.29) is 0 Å². The number of nitrogens with zero attached hydrogens (tertiary/aromatic N) is 2. The first-order chi connectivity index (χ1) is 5.88. The lowest BCUT2D eigenvalue weighted by atomic mass is 9.99. The van der Waals surface area contributed by atoms with E-state index in [0.717, 1.165) is 5.82 Å². The first-order valence-electron chi connectivity index (χ1n) is 4.54. The van der Waals surface area contributed by atoms with Crippen LogP contribution in [0.25, 0.3) is 5.57 Å². The fraction of sp³-hybridized carbons (Fsp3) is 0.500. The Morgan fingerprint density at radius 3 is 2.92 bits per heavy atom. The number of allylic oxidation sites excluding steroid dienone is 2. The first kappa shape index (κ1) is 7.59. The van der Waals surface area contributed by atoms with Crippen molar-refractivity contribution in [3.63, 3.8) is 0 Å². The summed E-state index contributed by atoms with van der Waals surface area (Å²) in [6, 6.07) is 0. The Kier molecular flexibility index (Phi) is 1.98. The summed E-state index contributed by atoms with van der Waals surface area (Å²) in [5.41, 5.74) is 1.42. The quantitative estimate of drug-likeness (QED) is 0.620. The molecule has 64 valence electrons. The number of hydrogen-bond acceptors (Lipinski definition) is 1. The molecule has 0 N–H and O–H groups in total. The zero-order chi connectivity index (χ0) is 8.39. The summed E-state index contributed by atoms with van der Waals surface area (Å²) in [5, 5.41) is 0. The third-order valence-corrected chi connectivity index (χ3v) is 2.40. The molecule has 1 heterocycles. The molecule has 0 spiro atoms. The summed E-state index contributed by atoms with van der Waals surface area (Å²) in [4.78, 5) is 4.33. The van der Waals surface area contributed by atoms with Crippen LogP contribution in [0.15, 0.2) is 18.5 Å². The Labute approximate surface area is 72.9 Å². The molecular formula is C10H14N2. The van der Waals surface area contributed by atoms with Gasteiger partial charge < -0.3 is 4.57 Å². The summed E-state index contributed by atoms with van der Waals surface area (Å²) in [6.07, 6.45) is 11.3. The molecule has 0 bridgehead atoms. The average Bonchev–Trinajstić information content (AvgIpc) is 2.53. The van der Waals surface area contributed by atoms with Crippen molar-refractivity contribution < 1.29 is 0 Å². The largest absolute Gasteiger partial charge is 0.334 e. The molecule has 1 aromatic rings. The molecule has 0 radical (unpaired) electrons. The van der Waals surface area contributed by atoms with Crippen LogP contribution in [0.3, 0.4) is 0 Å². The molecule has 0 aliphatic heterocycles. The highest BCUT2D eigenvalue weighted by molar-refractivity contribution is 5.60. The van der Waals surface area contributed by atoms with E-state index < -0.39 is 0 Å². The van der Waals surface area contributed by atoms with E-state index in [0.29, 0.717) is 0 Å². The predicted octanol–water partition coefficient (Wildman–Crippen LogP) is 2.38. The van der Waals surface area contributed by atoms with Crippen molar-refractivity contribution in [1.29, 1.82) is 0 Å². The van der Waals surface area contributed by atoms with Crippen molar-refractivity contribution in [2.45, 2.75) is 25.7 Å². The summed E-state index contributed by atoms with van der Waals surface area (Å²) >= 11 is 0. The molecular weight excluding hydrogens is 148 g/mol. The van der Waals surface area contributed by atoms with Crippen molar-refractivity contribution in [2.75, 3.05) is 0 Å². The van der Waals surface area contributed by atoms with Crippen LogP contribution in [0, 0.1) is 0 Å². The summed E-state index contributed by atoms with van der Waals surface area (Å²) < 4.78 is 2.09. The van der Waals surface area contributed by atoms with E-state index in [9.17, 15) is 0 Å². The molecule has 1 aliphatic rings. The van der Waals surface area contributed by atoms with Crippen LogP contribution < -0.4 is 0 Å². The lowest BCUT2D eigenvalue weighted by Gasteiger charge is -2.11. The second-order valence-corrected chi connectivity index (χ2v) is 3.34. The molecule has 0 fully saturated rings. The normalized spacial score (nSPS) is 17.6. The van der Waals surface area contributed by atoms with E-state index >= 15 is 0 Å². The summed E-state index contributed by atoms with van der Waals surface area (Å²) in [5.74, 6) is 1.15. The Morgan fingerprint density at radius 2 is 2.33 bits per heavy atom. The molecule has 0 aromatic carbocycles. The Morgan fingerprint density at radius 1 is 1.42 bits per heavy atom. The van der Waals surface area contributed by atoms with Crippen molar-refractivity contribution in [3.8, 4) is 0 Å². The molecule has 0 saturated heterocycles. The number of aryl methyl sites for hydroxylation is 1. The summed E-state index contributed by atoms with van der Waals surface area (Å²) in [7, 11) is 2.05. The third kappa shape index (κ3) is 1.29. The van der Waals surface area contributed by atoms with Gasteiger partial charge in [-0.05, 0) is 31.3 Å². The van der Waals surface area contributed by atoms with Crippen LogP contribution in [0.2, 0.25) is 0 Å². The highest BCUT2D eigenvalue weighted by atomic mass is 15.0. The molecule has 0 unspecified atom stereocenters. The molecule has 0 atom stereocenters. The van der Waals surface area contributed by atoms with E-state index in [1.54, 1.807) is 0 Å². The minimum Gasteiger partial charge on any atom is -0.334 e. The van der Waals surface area contributed by atoms with Crippen molar-refractivity contribution in [3.05, 3.63) is 24.3 Å². The molecule has 1 aliphatic carbocycles. The minimum atomic E-state index is 1.15. The smallest absolute Gasteiger partial charge is 0.135 e. The fourth-order valence-electron chi connectivity index (χ4n) is 1.72. The number of imidazole rings is 1.